The van der Waals surface area contributed by atoms with Crippen molar-refractivity contribution in [3.8, 4) is 0 Å². The molecular weight excluding hydrogens is 195 g/mol. The van der Waals surface area contributed by atoms with Crippen molar-refractivity contribution >= 4 is 19.9 Å². The fourth-order valence-electron chi connectivity index (χ4n) is 0.230. The van der Waals surface area contributed by atoms with Gasteiger partial charge in [0.25, 0.3) is 0 Å². The standard InChI is InChI=1S/C3H9O6PS/c4-1-3(5)2-11-9-10(6,7)8/h3-5H,1-2H2,(H2,6,7,8). The maximum atomic E-state index is 10.0. The summed E-state index contributed by atoms with van der Waals surface area (Å²) in [6.45, 7) is -0.461. The Morgan fingerprint density at radius 2 is 2.09 bits per heavy atom. The predicted octanol–water partition coefficient (Wildman–Crippen LogP) is -0.903. The van der Waals surface area contributed by atoms with Gasteiger partial charge in [-0.15, -0.1) is 0 Å². The van der Waals surface area contributed by atoms with E-state index in [2.05, 4.69) is 3.97 Å². The maximum Gasteiger partial charge on any atom is 0.480 e. The molecule has 0 amide bonds. The summed E-state index contributed by atoms with van der Waals surface area (Å²) in [5.41, 5.74) is 0. The lowest BCUT2D eigenvalue weighted by molar-refractivity contribution is 0.113. The SMILES string of the molecule is O=P(O)(O)OSCC(O)CO. The molecule has 0 saturated heterocycles. The van der Waals surface area contributed by atoms with Gasteiger partial charge in [0.05, 0.1) is 12.7 Å². The van der Waals surface area contributed by atoms with Crippen molar-refractivity contribution < 1.29 is 28.5 Å². The minimum atomic E-state index is -4.46. The van der Waals surface area contributed by atoms with Crippen molar-refractivity contribution in [1.29, 1.82) is 0 Å². The first-order chi connectivity index (χ1) is 4.95. The molecule has 1 unspecified atom stereocenters. The maximum absolute atomic E-state index is 10.0. The molecule has 0 fully saturated rings. The van der Waals surface area contributed by atoms with Crippen molar-refractivity contribution in [2.75, 3.05) is 12.4 Å². The molecule has 4 N–H and O–H groups in total. The second-order valence-electron chi connectivity index (χ2n) is 1.69. The van der Waals surface area contributed by atoms with Crippen LogP contribution in [0.3, 0.4) is 0 Å². The van der Waals surface area contributed by atoms with Crippen LogP contribution in [0.5, 0.6) is 0 Å². The molecule has 0 aromatic carbocycles. The molecule has 1 atom stereocenters. The molecule has 0 bridgehead atoms. The summed E-state index contributed by atoms with van der Waals surface area (Å²) in [5, 5.41) is 16.9. The van der Waals surface area contributed by atoms with Gasteiger partial charge in [-0.25, -0.2) is 8.54 Å². The third kappa shape index (κ3) is 8.28. The van der Waals surface area contributed by atoms with E-state index in [-0.39, 0.29) is 5.75 Å². The van der Waals surface area contributed by atoms with Gasteiger partial charge in [0.2, 0.25) is 0 Å². The Morgan fingerprint density at radius 3 is 2.45 bits per heavy atom. The van der Waals surface area contributed by atoms with E-state index in [0.29, 0.717) is 12.0 Å². The van der Waals surface area contributed by atoms with Crippen LogP contribution in [0, 0.1) is 0 Å². The summed E-state index contributed by atoms with van der Waals surface area (Å²) in [4.78, 5) is 16.3. The molecule has 0 radical (unpaired) electrons. The number of phosphoric acid groups is 1. The van der Waals surface area contributed by atoms with E-state index in [0.717, 1.165) is 0 Å². The van der Waals surface area contributed by atoms with E-state index >= 15 is 0 Å². The number of aliphatic hydroxyl groups is 2. The number of hydrogen-bond acceptors (Lipinski definition) is 5. The Kier molecular flexibility index (Phi) is 5.28. The fourth-order valence-corrected chi connectivity index (χ4v) is 1.29. The quantitative estimate of drug-likeness (QED) is 0.339. The van der Waals surface area contributed by atoms with Gasteiger partial charge in [0.15, 0.2) is 0 Å². The Morgan fingerprint density at radius 1 is 1.55 bits per heavy atom. The van der Waals surface area contributed by atoms with Gasteiger partial charge in [0, 0.05) is 17.8 Å². The fraction of sp³-hybridized carbons (Fsp3) is 1.00. The summed E-state index contributed by atoms with van der Waals surface area (Å²) < 4.78 is 13.9. The average Bonchev–Trinajstić information content (AvgIpc) is 1.85. The molecule has 11 heavy (non-hydrogen) atoms. The lowest BCUT2D eigenvalue weighted by Gasteiger charge is -2.06. The Balaban J connectivity index is 3.35. The molecule has 0 saturated carbocycles. The Labute approximate surface area is 67.6 Å². The molecule has 0 aromatic rings. The highest BCUT2D eigenvalue weighted by Crippen LogP contribution is 2.40. The van der Waals surface area contributed by atoms with Crippen molar-refractivity contribution in [3.05, 3.63) is 0 Å². The van der Waals surface area contributed by atoms with E-state index < -0.39 is 20.5 Å². The summed E-state index contributed by atoms with van der Waals surface area (Å²) in [5.74, 6) is -0.0817. The van der Waals surface area contributed by atoms with Gasteiger partial charge < -0.3 is 20.0 Å². The van der Waals surface area contributed by atoms with Gasteiger partial charge in [-0.05, 0) is 0 Å². The first kappa shape index (κ1) is 11.4. The minimum Gasteiger partial charge on any atom is -0.394 e. The molecule has 68 valence electrons. The topological polar surface area (TPSA) is 107 Å². The molecule has 0 aliphatic rings. The third-order valence-corrected chi connectivity index (χ3v) is 2.34. The smallest absolute Gasteiger partial charge is 0.394 e. The highest BCUT2D eigenvalue weighted by molar-refractivity contribution is 7.97. The molecular formula is C3H9O6PS. The number of rotatable bonds is 5. The summed E-state index contributed by atoms with van der Waals surface area (Å²) >= 11 is 0.420. The van der Waals surface area contributed by atoms with E-state index in [1.165, 1.54) is 0 Å². The molecule has 6 nitrogen and oxygen atoms in total. The largest absolute Gasteiger partial charge is 0.480 e. The predicted molar refractivity (Wildman–Crippen MR) is 38.7 cm³/mol. The summed E-state index contributed by atoms with van der Waals surface area (Å²) in [7, 11) is -4.46. The van der Waals surface area contributed by atoms with E-state index in [1.807, 2.05) is 0 Å². The first-order valence-electron chi connectivity index (χ1n) is 2.61. The molecule has 0 spiro atoms. The van der Waals surface area contributed by atoms with Crippen LogP contribution in [0.4, 0.5) is 0 Å². The summed E-state index contributed by atoms with van der Waals surface area (Å²) in [6.07, 6.45) is -1.02. The van der Waals surface area contributed by atoms with Crippen molar-refractivity contribution in [2.24, 2.45) is 0 Å². The minimum absolute atomic E-state index is 0.0817. The average molecular weight is 204 g/mol. The lowest BCUT2D eigenvalue weighted by atomic mass is 10.4. The third-order valence-electron chi connectivity index (χ3n) is 0.621. The molecule has 0 aliphatic carbocycles. The van der Waals surface area contributed by atoms with Gasteiger partial charge in [0.1, 0.15) is 0 Å². The van der Waals surface area contributed by atoms with Crippen LogP contribution < -0.4 is 0 Å². The second-order valence-corrected chi connectivity index (χ2v) is 3.83. The van der Waals surface area contributed by atoms with Crippen LogP contribution >= 0.6 is 19.9 Å². The molecule has 0 rings (SSSR count). The zero-order valence-electron chi connectivity index (χ0n) is 5.45. The van der Waals surface area contributed by atoms with Crippen LogP contribution in [0.15, 0.2) is 0 Å². The van der Waals surface area contributed by atoms with E-state index in [9.17, 15) is 4.57 Å². The highest BCUT2D eigenvalue weighted by Gasteiger charge is 2.15. The Hall–Kier alpha value is 0.380. The van der Waals surface area contributed by atoms with Crippen molar-refractivity contribution in [2.45, 2.75) is 6.10 Å². The molecule has 0 aromatic heterocycles. The van der Waals surface area contributed by atoms with Crippen molar-refractivity contribution in [1.82, 2.24) is 0 Å². The van der Waals surface area contributed by atoms with Gasteiger partial charge in [-0.2, -0.15) is 0 Å². The zero-order chi connectivity index (χ0) is 8.91. The number of hydrogen-bond donors (Lipinski definition) is 4. The van der Waals surface area contributed by atoms with Crippen LogP contribution in [-0.2, 0) is 8.54 Å². The van der Waals surface area contributed by atoms with Gasteiger partial charge in [-0.3, -0.25) is 0 Å². The lowest BCUT2D eigenvalue weighted by Crippen LogP contribution is -2.14. The van der Waals surface area contributed by atoms with Crippen LogP contribution in [0.25, 0.3) is 0 Å². The van der Waals surface area contributed by atoms with Crippen molar-refractivity contribution in [3.63, 3.8) is 0 Å². The van der Waals surface area contributed by atoms with E-state index in [1.54, 1.807) is 0 Å². The monoisotopic (exact) mass is 204 g/mol. The first-order valence-corrected chi connectivity index (χ1v) is 5.05. The second kappa shape index (κ2) is 5.10. The normalized spacial score (nSPS) is 14.9. The zero-order valence-corrected chi connectivity index (χ0v) is 7.16. The van der Waals surface area contributed by atoms with Gasteiger partial charge >= 0.3 is 7.82 Å². The van der Waals surface area contributed by atoms with E-state index in [4.69, 9.17) is 20.0 Å². The summed E-state index contributed by atoms with van der Waals surface area (Å²) in [6, 6.07) is 0. The van der Waals surface area contributed by atoms with Gasteiger partial charge in [-0.1, -0.05) is 0 Å². The molecule has 0 aliphatic heterocycles. The molecule has 8 heteroatoms. The van der Waals surface area contributed by atoms with Crippen LogP contribution in [-0.4, -0.2) is 38.5 Å². The van der Waals surface area contributed by atoms with Crippen LogP contribution in [0.1, 0.15) is 0 Å². The van der Waals surface area contributed by atoms with Crippen LogP contribution in [0.2, 0.25) is 0 Å². The number of aliphatic hydroxyl groups excluding tert-OH is 2. The Bertz CT molecular complexity index is 145. The highest BCUT2D eigenvalue weighted by atomic mass is 32.2. The molecule has 0 heterocycles.